The van der Waals surface area contributed by atoms with Crippen LogP contribution in [0.5, 0.6) is 17.2 Å². The Morgan fingerprint density at radius 2 is 1.50 bits per heavy atom. The molecule has 1 atom stereocenters. The molecule has 0 amide bonds. The Labute approximate surface area is 223 Å². The molecule has 1 heterocycles. The first-order valence-corrected chi connectivity index (χ1v) is 12.6. The van der Waals surface area contributed by atoms with E-state index in [0.717, 1.165) is 44.7 Å². The number of fused-ring (bicyclic) bond motifs is 1. The Morgan fingerprint density at radius 3 is 2.24 bits per heavy atom. The number of nitrogens with zero attached hydrogens (tertiary/aromatic N) is 2. The number of aromatic nitrogens is 2. The van der Waals surface area contributed by atoms with Crippen molar-refractivity contribution in [3.63, 3.8) is 0 Å². The van der Waals surface area contributed by atoms with E-state index in [0.29, 0.717) is 23.9 Å². The third-order valence-corrected chi connectivity index (χ3v) is 6.49. The van der Waals surface area contributed by atoms with E-state index in [1.54, 1.807) is 14.2 Å². The minimum atomic E-state index is 0.00836. The molecule has 0 spiro atoms. The molecule has 38 heavy (non-hydrogen) atoms. The maximum Gasteiger partial charge on any atom is 0.162 e. The van der Waals surface area contributed by atoms with Gasteiger partial charge >= 0.3 is 0 Å². The van der Waals surface area contributed by atoms with Crippen molar-refractivity contribution in [1.29, 1.82) is 0 Å². The average molecular weight is 506 g/mol. The summed E-state index contributed by atoms with van der Waals surface area (Å²) < 4.78 is 16.9. The van der Waals surface area contributed by atoms with Crippen LogP contribution in [0.3, 0.4) is 0 Å². The van der Waals surface area contributed by atoms with Gasteiger partial charge in [-0.25, -0.2) is 9.97 Å². The van der Waals surface area contributed by atoms with Gasteiger partial charge < -0.3 is 19.5 Å². The molecule has 1 N–H and O–H groups in total. The smallest absolute Gasteiger partial charge is 0.162 e. The van der Waals surface area contributed by atoms with E-state index in [-0.39, 0.29) is 6.04 Å². The van der Waals surface area contributed by atoms with Gasteiger partial charge in [-0.05, 0) is 60.4 Å². The summed E-state index contributed by atoms with van der Waals surface area (Å²) in [5, 5.41) is 4.46. The van der Waals surface area contributed by atoms with Gasteiger partial charge in [-0.1, -0.05) is 60.7 Å². The summed E-state index contributed by atoms with van der Waals surface area (Å²) in [6.45, 7) is 4.57. The van der Waals surface area contributed by atoms with E-state index in [9.17, 15) is 0 Å². The monoisotopic (exact) mass is 505 g/mol. The van der Waals surface area contributed by atoms with Crippen LogP contribution < -0.4 is 19.5 Å². The van der Waals surface area contributed by atoms with Gasteiger partial charge in [0.2, 0.25) is 0 Å². The maximum atomic E-state index is 5.95. The summed E-state index contributed by atoms with van der Waals surface area (Å²) in [5.41, 5.74) is 5.37. The minimum Gasteiger partial charge on any atom is -0.493 e. The van der Waals surface area contributed by atoms with E-state index >= 15 is 0 Å². The predicted molar refractivity (Wildman–Crippen MR) is 152 cm³/mol. The van der Waals surface area contributed by atoms with E-state index in [4.69, 9.17) is 19.2 Å². The third-order valence-electron chi connectivity index (χ3n) is 6.49. The fraction of sp³-hybridized carbons (Fsp3) is 0.188. The third kappa shape index (κ3) is 5.54. The van der Waals surface area contributed by atoms with Crippen molar-refractivity contribution in [1.82, 2.24) is 9.97 Å². The van der Waals surface area contributed by atoms with E-state index in [2.05, 4.69) is 65.8 Å². The number of rotatable bonds is 9. The first-order chi connectivity index (χ1) is 18.5. The van der Waals surface area contributed by atoms with Gasteiger partial charge in [-0.2, -0.15) is 0 Å². The van der Waals surface area contributed by atoms with Crippen molar-refractivity contribution in [3.8, 4) is 28.4 Å². The highest BCUT2D eigenvalue weighted by Gasteiger charge is 2.15. The lowest BCUT2D eigenvalue weighted by Crippen LogP contribution is -2.10. The fourth-order valence-electron chi connectivity index (χ4n) is 4.44. The molecule has 6 heteroatoms. The first kappa shape index (κ1) is 25.1. The van der Waals surface area contributed by atoms with Crippen LogP contribution in [0.25, 0.3) is 22.0 Å². The van der Waals surface area contributed by atoms with Crippen molar-refractivity contribution in [3.05, 3.63) is 108 Å². The molecule has 1 aromatic heterocycles. The molecule has 0 radical (unpaired) electrons. The van der Waals surface area contributed by atoms with Crippen LogP contribution in [0.4, 0.5) is 5.82 Å². The zero-order valence-corrected chi connectivity index (χ0v) is 22.1. The van der Waals surface area contributed by atoms with Crippen molar-refractivity contribution >= 4 is 16.7 Å². The van der Waals surface area contributed by atoms with Crippen LogP contribution in [0.15, 0.2) is 91.0 Å². The highest BCUT2D eigenvalue weighted by molar-refractivity contribution is 5.92. The largest absolute Gasteiger partial charge is 0.493 e. The second kappa shape index (κ2) is 11.2. The summed E-state index contributed by atoms with van der Waals surface area (Å²) in [7, 11) is 3.25. The van der Waals surface area contributed by atoms with E-state index < -0.39 is 0 Å². The molecule has 0 fully saturated rings. The van der Waals surface area contributed by atoms with E-state index in [1.807, 2.05) is 49.4 Å². The quantitative estimate of drug-likeness (QED) is 0.226. The zero-order chi connectivity index (χ0) is 26.5. The normalized spacial score (nSPS) is 11.7. The topological polar surface area (TPSA) is 65.5 Å². The van der Waals surface area contributed by atoms with E-state index in [1.165, 1.54) is 0 Å². The van der Waals surface area contributed by atoms with Crippen LogP contribution in [0.1, 0.15) is 29.9 Å². The molecule has 192 valence electrons. The van der Waals surface area contributed by atoms with Crippen LogP contribution in [0, 0.1) is 6.92 Å². The molecule has 6 nitrogen and oxygen atoms in total. The Morgan fingerprint density at radius 1 is 0.763 bits per heavy atom. The van der Waals surface area contributed by atoms with Gasteiger partial charge in [0.15, 0.2) is 11.5 Å². The number of hydrogen-bond donors (Lipinski definition) is 1. The lowest BCUT2D eigenvalue weighted by atomic mass is 10.00. The van der Waals surface area contributed by atoms with Gasteiger partial charge in [0.1, 0.15) is 24.0 Å². The Bertz CT molecular complexity index is 1540. The number of nitrogens with one attached hydrogen (secondary N) is 1. The number of ether oxygens (including phenoxy) is 3. The number of aryl methyl sites for hydroxylation is 1. The SMILES string of the molecule is COc1cc2nc(C)nc(N[C@H](C)c3cccc(-c4ccc(OCc5ccccc5)cc4)c3)c2cc1OC. The fourth-order valence-corrected chi connectivity index (χ4v) is 4.44. The molecule has 0 aliphatic rings. The maximum absolute atomic E-state index is 5.95. The molecular formula is C32H31N3O3. The van der Waals surface area contributed by atoms with Crippen molar-refractivity contribution < 1.29 is 14.2 Å². The molecule has 0 aliphatic carbocycles. The molecule has 4 aromatic carbocycles. The molecule has 0 bridgehead atoms. The summed E-state index contributed by atoms with van der Waals surface area (Å²) >= 11 is 0. The van der Waals surface area contributed by atoms with Crippen LogP contribution in [-0.2, 0) is 6.61 Å². The Hall–Kier alpha value is -4.58. The molecule has 0 aliphatic heterocycles. The van der Waals surface area contributed by atoms with Gasteiger partial charge in [-0.3, -0.25) is 0 Å². The Kier molecular flexibility index (Phi) is 7.40. The summed E-state index contributed by atoms with van der Waals surface area (Å²) in [6.07, 6.45) is 0. The number of anilines is 1. The summed E-state index contributed by atoms with van der Waals surface area (Å²) in [6, 6.07) is 30.7. The highest BCUT2D eigenvalue weighted by atomic mass is 16.5. The molecular weight excluding hydrogens is 474 g/mol. The lowest BCUT2D eigenvalue weighted by molar-refractivity contribution is 0.306. The molecule has 0 saturated carbocycles. The Balaban J connectivity index is 1.35. The molecule has 0 unspecified atom stereocenters. The van der Waals surface area contributed by atoms with Gasteiger partial charge in [-0.15, -0.1) is 0 Å². The summed E-state index contributed by atoms with van der Waals surface area (Å²) in [5.74, 6) is 3.57. The lowest BCUT2D eigenvalue weighted by Gasteiger charge is -2.18. The van der Waals surface area contributed by atoms with Gasteiger partial charge in [0.05, 0.1) is 19.7 Å². The number of methoxy groups -OCH3 is 2. The number of benzene rings is 4. The number of hydrogen-bond acceptors (Lipinski definition) is 6. The minimum absolute atomic E-state index is 0.00836. The van der Waals surface area contributed by atoms with Gasteiger partial charge in [0, 0.05) is 17.5 Å². The molecule has 0 saturated heterocycles. The second-order valence-corrected chi connectivity index (χ2v) is 9.13. The van der Waals surface area contributed by atoms with Crippen molar-refractivity contribution in [2.75, 3.05) is 19.5 Å². The van der Waals surface area contributed by atoms with Gasteiger partial charge in [0.25, 0.3) is 0 Å². The van der Waals surface area contributed by atoms with Crippen molar-refractivity contribution in [2.24, 2.45) is 0 Å². The highest BCUT2D eigenvalue weighted by Crippen LogP contribution is 2.35. The van der Waals surface area contributed by atoms with Crippen molar-refractivity contribution in [2.45, 2.75) is 26.5 Å². The summed E-state index contributed by atoms with van der Waals surface area (Å²) in [4.78, 5) is 9.29. The standard InChI is InChI=1S/C32H31N3O3/c1-21(33-32-28-18-30(36-3)31(37-4)19-29(28)34-22(2)35-32)25-11-8-12-26(17-25)24-13-15-27(16-14-24)38-20-23-9-6-5-7-10-23/h5-19,21H,20H2,1-4H3,(H,33,34,35)/t21-/m1/s1. The predicted octanol–water partition coefficient (Wildman–Crippen LogP) is 7.37. The van der Waals surface area contributed by atoms with Crippen LogP contribution >= 0.6 is 0 Å². The average Bonchev–Trinajstić information content (AvgIpc) is 2.96. The zero-order valence-electron chi connectivity index (χ0n) is 22.1. The second-order valence-electron chi connectivity index (χ2n) is 9.13. The first-order valence-electron chi connectivity index (χ1n) is 12.6. The molecule has 5 rings (SSSR count). The van der Waals surface area contributed by atoms with Crippen LogP contribution in [-0.4, -0.2) is 24.2 Å². The van der Waals surface area contributed by atoms with Crippen LogP contribution in [0.2, 0.25) is 0 Å². The molecule has 5 aromatic rings.